The molecule has 1 amide bonds. The van der Waals surface area contributed by atoms with Crippen LogP contribution in [0.15, 0.2) is 23.2 Å². The van der Waals surface area contributed by atoms with Gasteiger partial charge in [-0.15, -0.1) is 0 Å². The number of thiazole rings is 1. The first-order valence-corrected chi connectivity index (χ1v) is 12.9. The third-order valence-corrected chi connectivity index (χ3v) is 7.26. The fourth-order valence-electron chi connectivity index (χ4n) is 3.60. The number of benzene rings is 1. The number of carbonyl (C=O) groups is 2. The number of amides is 1. The molecule has 0 spiro atoms. The van der Waals surface area contributed by atoms with E-state index in [1.807, 2.05) is 19.1 Å². The van der Waals surface area contributed by atoms with Crippen molar-refractivity contribution in [1.82, 2.24) is 8.87 Å². The van der Waals surface area contributed by atoms with Crippen LogP contribution in [0.1, 0.15) is 33.1 Å². The smallest absolute Gasteiger partial charge is 0.326 e. The number of nitrogens with zero attached hydrogens (tertiary/aromatic N) is 3. The Morgan fingerprint density at radius 1 is 1.23 bits per heavy atom. The predicted octanol–water partition coefficient (Wildman–Crippen LogP) is 1.91. The highest BCUT2D eigenvalue weighted by molar-refractivity contribution is 7.88. The molecule has 1 aliphatic heterocycles. The van der Waals surface area contributed by atoms with Crippen molar-refractivity contribution in [3.05, 3.63) is 23.0 Å². The molecule has 170 valence electrons. The molecule has 1 aliphatic rings. The molecule has 0 aliphatic carbocycles. The summed E-state index contributed by atoms with van der Waals surface area (Å²) >= 11 is 1.24. The Morgan fingerprint density at radius 3 is 2.68 bits per heavy atom. The van der Waals surface area contributed by atoms with Crippen LogP contribution < -0.4 is 9.54 Å². The fourth-order valence-corrected chi connectivity index (χ4v) is 5.78. The van der Waals surface area contributed by atoms with Crippen LogP contribution in [0.25, 0.3) is 10.2 Å². The Kier molecular flexibility index (Phi) is 7.50. The second-order valence-corrected chi connectivity index (χ2v) is 10.1. The Balaban J connectivity index is 2.06. The summed E-state index contributed by atoms with van der Waals surface area (Å²) in [4.78, 5) is 29.8. The molecule has 0 radical (unpaired) electrons. The van der Waals surface area contributed by atoms with E-state index in [0.717, 1.165) is 22.9 Å². The largest absolute Gasteiger partial charge is 0.494 e. The first kappa shape index (κ1) is 23.4. The van der Waals surface area contributed by atoms with Crippen LogP contribution in [0.2, 0.25) is 0 Å². The normalized spacial score (nSPS) is 18.3. The zero-order valence-electron chi connectivity index (χ0n) is 17.9. The summed E-state index contributed by atoms with van der Waals surface area (Å²) in [5.41, 5.74) is 0.719. The van der Waals surface area contributed by atoms with Crippen molar-refractivity contribution < 1.29 is 27.5 Å². The summed E-state index contributed by atoms with van der Waals surface area (Å²) in [6.45, 7) is 4.56. The minimum Gasteiger partial charge on any atom is -0.494 e. The van der Waals surface area contributed by atoms with Crippen LogP contribution in [-0.4, -0.2) is 61.2 Å². The number of carbonyl (C=O) groups excluding carboxylic acids is 2. The highest BCUT2D eigenvalue weighted by Gasteiger charge is 2.34. The molecule has 11 heteroatoms. The minimum absolute atomic E-state index is 0.103. The molecule has 1 atom stereocenters. The molecule has 9 nitrogen and oxygen atoms in total. The fraction of sp³-hybridized carbons (Fsp3) is 0.550. The van der Waals surface area contributed by atoms with Crippen molar-refractivity contribution in [2.45, 2.75) is 45.7 Å². The van der Waals surface area contributed by atoms with Gasteiger partial charge in [0.15, 0.2) is 4.80 Å². The number of hydrogen-bond donors (Lipinski definition) is 0. The third-order valence-electron chi connectivity index (χ3n) is 4.93. The van der Waals surface area contributed by atoms with Crippen molar-refractivity contribution >= 4 is 43.5 Å². The number of ether oxygens (including phenoxy) is 2. The van der Waals surface area contributed by atoms with Gasteiger partial charge in [-0.2, -0.15) is 9.30 Å². The summed E-state index contributed by atoms with van der Waals surface area (Å²) in [5.74, 6) is -0.298. The summed E-state index contributed by atoms with van der Waals surface area (Å²) in [7, 11) is -3.53. The standard InChI is InChI=1S/C20H27N3O6S2/c1-4-28-14-9-10-15-17(12-14)30-20(22(15)13-18(24)29-5-2)21-19(25)16-8-6-7-11-23(16)31(3,26)27/h9-10,12,16H,4-8,11,13H2,1-3H3. The van der Waals surface area contributed by atoms with Gasteiger partial charge in [-0.25, -0.2) is 8.42 Å². The van der Waals surface area contributed by atoms with Crippen molar-refractivity contribution in [3.63, 3.8) is 0 Å². The summed E-state index contributed by atoms with van der Waals surface area (Å²) in [5, 5.41) is 0. The molecule has 3 rings (SSSR count). The van der Waals surface area contributed by atoms with Crippen molar-refractivity contribution in [1.29, 1.82) is 0 Å². The van der Waals surface area contributed by atoms with E-state index in [-0.39, 0.29) is 13.2 Å². The van der Waals surface area contributed by atoms with Crippen molar-refractivity contribution in [2.24, 2.45) is 4.99 Å². The van der Waals surface area contributed by atoms with E-state index < -0.39 is 27.9 Å². The lowest BCUT2D eigenvalue weighted by Crippen LogP contribution is -2.47. The maximum absolute atomic E-state index is 13.0. The molecule has 0 bridgehead atoms. The molecule has 1 saturated heterocycles. The van der Waals surface area contributed by atoms with Crippen molar-refractivity contribution in [3.8, 4) is 5.75 Å². The molecule has 0 N–H and O–H groups in total. The monoisotopic (exact) mass is 469 g/mol. The average molecular weight is 470 g/mol. The van der Waals surface area contributed by atoms with E-state index in [1.54, 1.807) is 17.6 Å². The number of aromatic nitrogens is 1. The van der Waals surface area contributed by atoms with E-state index in [2.05, 4.69) is 4.99 Å². The molecule has 1 fully saturated rings. The van der Waals surface area contributed by atoms with Crippen LogP contribution in [-0.2, 0) is 30.9 Å². The highest BCUT2D eigenvalue weighted by Crippen LogP contribution is 2.24. The van der Waals surface area contributed by atoms with Crippen LogP contribution in [0.3, 0.4) is 0 Å². The first-order chi connectivity index (χ1) is 14.7. The number of esters is 1. The van der Waals surface area contributed by atoms with Gasteiger partial charge >= 0.3 is 5.97 Å². The Bertz CT molecular complexity index is 1140. The van der Waals surface area contributed by atoms with Gasteiger partial charge in [0.2, 0.25) is 10.0 Å². The number of sulfonamides is 1. The minimum atomic E-state index is -3.53. The molecule has 2 heterocycles. The SMILES string of the molecule is CCOC(=O)Cn1c(=NC(=O)C2CCCCN2S(C)(=O)=O)sc2cc(OCC)ccc21. The highest BCUT2D eigenvalue weighted by atomic mass is 32.2. The second-order valence-electron chi connectivity index (χ2n) is 7.17. The number of fused-ring (bicyclic) bond motifs is 1. The summed E-state index contributed by atoms with van der Waals surface area (Å²) in [6, 6.07) is 4.60. The van der Waals surface area contributed by atoms with Gasteiger partial charge in [0.25, 0.3) is 5.91 Å². The lowest BCUT2D eigenvalue weighted by Gasteiger charge is -2.31. The van der Waals surface area contributed by atoms with E-state index >= 15 is 0 Å². The predicted molar refractivity (Wildman–Crippen MR) is 117 cm³/mol. The van der Waals surface area contributed by atoms with Gasteiger partial charge in [-0.05, 0) is 44.9 Å². The topological polar surface area (TPSA) is 107 Å². The van der Waals surface area contributed by atoms with Crippen LogP contribution >= 0.6 is 11.3 Å². The molecule has 1 unspecified atom stereocenters. The second kappa shape index (κ2) is 9.92. The van der Waals surface area contributed by atoms with Gasteiger partial charge in [0.1, 0.15) is 18.3 Å². The van der Waals surface area contributed by atoms with Gasteiger partial charge in [0, 0.05) is 6.54 Å². The third kappa shape index (κ3) is 5.52. The van der Waals surface area contributed by atoms with Crippen LogP contribution in [0.5, 0.6) is 5.75 Å². The van der Waals surface area contributed by atoms with Gasteiger partial charge in [0.05, 0.1) is 29.7 Å². The summed E-state index contributed by atoms with van der Waals surface area (Å²) < 4.78 is 38.5. The maximum atomic E-state index is 13.0. The van der Waals surface area contributed by atoms with E-state index in [9.17, 15) is 18.0 Å². The zero-order valence-corrected chi connectivity index (χ0v) is 19.5. The molecule has 2 aromatic rings. The quantitative estimate of drug-likeness (QED) is 0.573. The van der Waals surface area contributed by atoms with Crippen LogP contribution in [0.4, 0.5) is 0 Å². The average Bonchev–Trinajstić information content (AvgIpc) is 3.04. The van der Waals surface area contributed by atoms with Gasteiger partial charge in [-0.3, -0.25) is 9.59 Å². The first-order valence-electron chi connectivity index (χ1n) is 10.2. The Morgan fingerprint density at radius 2 is 2.00 bits per heavy atom. The van der Waals surface area contributed by atoms with E-state index in [4.69, 9.17) is 9.47 Å². The van der Waals surface area contributed by atoms with E-state index in [0.29, 0.717) is 36.5 Å². The van der Waals surface area contributed by atoms with Crippen LogP contribution in [0, 0.1) is 0 Å². The van der Waals surface area contributed by atoms with E-state index in [1.165, 1.54) is 15.6 Å². The van der Waals surface area contributed by atoms with Gasteiger partial charge in [-0.1, -0.05) is 17.8 Å². The molecule has 1 aromatic heterocycles. The maximum Gasteiger partial charge on any atom is 0.326 e. The number of rotatable bonds is 7. The molecule has 0 saturated carbocycles. The molecular formula is C20H27N3O6S2. The molecule has 31 heavy (non-hydrogen) atoms. The molecule has 1 aromatic carbocycles. The number of hydrogen-bond acceptors (Lipinski definition) is 7. The summed E-state index contributed by atoms with van der Waals surface area (Å²) in [6.07, 6.45) is 2.99. The van der Waals surface area contributed by atoms with Gasteiger partial charge < -0.3 is 14.0 Å². The Labute approximate surface area is 185 Å². The Hall–Kier alpha value is -2.24. The molecular weight excluding hydrogens is 442 g/mol. The van der Waals surface area contributed by atoms with Crippen molar-refractivity contribution in [2.75, 3.05) is 26.0 Å². The lowest BCUT2D eigenvalue weighted by atomic mass is 10.0. The lowest BCUT2D eigenvalue weighted by molar-refractivity contribution is -0.143. The number of piperidine rings is 1. The zero-order chi connectivity index (χ0) is 22.6.